The summed E-state index contributed by atoms with van der Waals surface area (Å²) < 4.78 is 4.95. The van der Waals surface area contributed by atoms with Gasteiger partial charge in [-0.1, -0.05) is 13.5 Å². The van der Waals surface area contributed by atoms with Crippen LogP contribution in [-0.4, -0.2) is 34.7 Å². The van der Waals surface area contributed by atoms with Crippen LogP contribution in [0.5, 0.6) is 0 Å². The van der Waals surface area contributed by atoms with Crippen LogP contribution in [-0.2, 0) is 19.1 Å². The predicted molar refractivity (Wildman–Crippen MR) is 74.6 cm³/mol. The molecule has 0 radical (unpaired) electrons. The van der Waals surface area contributed by atoms with Crippen molar-refractivity contribution in [3.63, 3.8) is 0 Å². The van der Waals surface area contributed by atoms with Crippen molar-refractivity contribution >= 4 is 17.9 Å². The molecule has 1 rings (SSSR count). The number of carbonyl (C=O) groups excluding carboxylic acids is 1. The van der Waals surface area contributed by atoms with Crippen molar-refractivity contribution in [2.75, 3.05) is 6.61 Å². The summed E-state index contributed by atoms with van der Waals surface area (Å²) in [6.07, 6.45) is 1.31. The fraction of sp³-hybridized carbons (Fsp3) is 0.667. The Hall–Kier alpha value is -1.85. The van der Waals surface area contributed by atoms with Crippen molar-refractivity contribution in [1.82, 2.24) is 0 Å². The second-order valence-corrected chi connectivity index (χ2v) is 5.91. The Morgan fingerprint density at radius 1 is 1.29 bits per heavy atom. The van der Waals surface area contributed by atoms with Gasteiger partial charge in [-0.05, 0) is 38.5 Å². The number of hydrogen-bond acceptors (Lipinski definition) is 4. The molecule has 0 saturated heterocycles. The lowest BCUT2D eigenvalue weighted by Gasteiger charge is -2.41. The van der Waals surface area contributed by atoms with Gasteiger partial charge in [0.2, 0.25) is 0 Å². The largest absolute Gasteiger partial charge is 0.481 e. The molecule has 0 aromatic carbocycles. The highest BCUT2D eigenvalue weighted by Crippen LogP contribution is 2.46. The van der Waals surface area contributed by atoms with Crippen molar-refractivity contribution in [3.8, 4) is 0 Å². The van der Waals surface area contributed by atoms with E-state index in [2.05, 4.69) is 6.58 Å². The first kappa shape index (κ1) is 17.2. The second kappa shape index (κ2) is 6.74. The first-order chi connectivity index (χ1) is 9.70. The molecule has 1 aliphatic carbocycles. The Balaban J connectivity index is 2.88. The molecule has 3 unspecified atom stereocenters. The average Bonchev–Trinajstić information content (AvgIpc) is 2.37. The number of carbonyl (C=O) groups is 3. The monoisotopic (exact) mass is 298 g/mol. The Labute approximate surface area is 123 Å². The summed E-state index contributed by atoms with van der Waals surface area (Å²) in [6.45, 7) is 6.74. The van der Waals surface area contributed by atoms with Gasteiger partial charge in [0.1, 0.15) is 0 Å². The summed E-state index contributed by atoms with van der Waals surface area (Å²) in [7, 11) is 0. The van der Waals surface area contributed by atoms with E-state index in [4.69, 9.17) is 4.74 Å². The molecule has 21 heavy (non-hydrogen) atoms. The Kier molecular flexibility index (Phi) is 5.52. The van der Waals surface area contributed by atoms with E-state index in [1.165, 1.54) is 6.92 Å². The number of carboxylic acid groups (broad SMARTS) is 2. The Morgan fingerprint density at radius 3 is 2.38 bits per heavy atom. The van der Waals surface area contributed by atoms with E-state index in [9.17, 15) is 24.6 Å². The van der Waals surface area contributed by atoms with Gasteiger partial charge < -0.3 is 14.9 Å². The lowest BCUT2D eigenvalue weighted by Crippen LogP contribution is -2.47. The normalized spacial score (nSPS) is 28.7. The fourth-order valence-electron chi connectivity index (χ4n) is 3.02. The predicted octanol–water partition coefficient (Wildman–Crippen LogP) is 2.09. The van der Waals surface area contributed by atoms with Crippen molar-refractivity contribution in [2.45, 2.75) is 39.5 Å². The zero-order valence-corrected chi connectivity index (χ0v) is 12.4. The zero-order chi connectivity index (χ0) is 16.2. The van der Waals surface area contributed by atoms with E-state index in [0.29, 0.717) is 12.8 Å². The van der Waals surface area contributed by atoms with E-state index in [1.54, 1.807) is 0 Å². The van der Waals surface area contributed by atoms with Gasteiger partial charge in [0.05, 0.1) is 17.9 Å². The molecule has 0 aromatic heterocycles. The first-order valence-electron chi connectivity index (χ1n) is 6.99. The standard InChI is InChI=1S/C15H22O6/c1-9(2)13(18)21-7-6-15(14(19)20)8-10(3)4-5-11(15)12(16)17/h10-11H,1,4-8H2,2-3H3,(H,16,17)(H,19,20). The van der Waals surface area contributed by atoms with Gasteiger partial charge in [-0.2, -0.15) is 0 Å². The van der Waals surface area contributed by atoms with Gasteiger partial charge >= 0.3 is 17.9 Å². The number of carboxylic acids is 2. The van der Waals surface area contributed by atoms with Gasteiger partial charge in [-0.3, -0.25) is 9.59 Å². The molecular formula is C15H22O6. The minimum absolute atomic E-state index is 0.00264. The van der Waals surface area contributed by atoms with Crippen LogP contribution in [0.1, 0.15) is 39.5 Å². The van der Waals surface area contributed by atoms with Crippen molar-refractivity contribution in [1.29, 1.82) is 0 Å². The maximum absolute atomic E-state index is 11.7. The number of esters is 1. The SMILES string of the molecule is C=C(C)C(=O)OCCC1(C(=O)O)CC(C)CCC1C(=O)O. The molecule has 1 fully saturated rings. The molecule has 0 heterocycles. The second-order valence-electron chi connectivity index (χ2n) is 5.91. The molecule has 0 aliphatic heterocycles. The minimum Gasteiger partial charge on any atom is -0.481 e. The lowest BCUT2D eigenvalue weighted by molar-refractivity contribution is -0.170. The summed E-state index contributed by atoms with van der Waals surface area (Å²) in [5.74, 6) is -3.64. The van der Waals surface area contributed by atoms with Crippen LogP contribution in [0.3, 0.4) is 0 Å². The van der Waals surface area contributed by atoms with Gasteiger partial charge in [-0.15, -0.1) is 0 Å². The number of aliphatic carboxylic acids is 2. The Bertz CT molecular complexity index is 455. The molecule has 0 spiro atoms. The summed E-state index contributed by atoms with van der Waals surface area (Å²) >= 11 is 0. The third kappa shape index (κ3) is 3.83. The van der Waals surface area contributed by atoms with Crippen LogP contribution >= 0.6 is 0 Å². The summed E-state index contributed by atoms with van der Waals surface area (Å²) in [6, 6.07) is 0. The molecule has 0 aromatic rings. The Morgan fingerprint density at radius 2 is 1.90 bits per heavy atom. The third-order valence-corrected chi connectivity index (χ3v) is 4.18. The maximum atomic E-state index is 11.7. The van der Waals surface area contributed by atoms with Crippen LogP contribution in [0.25, 0.3) is 0 Å². The van der Waals surface area contributed by atoms with Crippen LogP contribution in [0.2, 0.25) is 0 Å². The highest BCUT2D eigenvalue weighted by atomic mass is 16.5. The molecule has 2 N–H and O–H groups in total. The van der Waals surface area contributed by atoms with Gasteiger partial charge in [0.15, 0.2) is 0 Å². The van der Waals surface area contributed by atoms with E-state index < -0.39 is 29.2 Å². The van der Waals surface area contributed by atoms with Crippen LogP contribution in [0, 0.1) is 17.3 Å². The van der Waals surface area contributed by atoms with E-state index in [1.807, 2.05) is 6.92 Å². The van der Waals surface area contributed by atoms with E-state index in [-0.39, 0.29) is 30.9 Å². The fourth-order valence-corrected chi connectivity index (χ4v) is 3.02. The summed E-state index contributed by atoms with van der Waals surface area (Å²) in [5, 5.41) is 18.9. The smallest absolute Gasteiger partial charge is 0.333 e. The molecule has 3 atom stereocenters. The molecule has 6 heteroatoms. The van der Waals surface area contributed by atoms with Crippen LogP contribution in [0.15, 0.2) is 12.2 Å². The van der Waals surface area contributed by atoms with E-state index >= 15 is 0 Å². The molecule has 0 bridgehead atoms. The van der Waals surface area contributed by atoms with Crippen LogP contribution in [0.4, 0.5) is 0 Å². The first-order valence-corrected chi connectivity index (χ1v) is 6.99. The topological polar surface area (TPSA) is 101 Å². The van der Waals surface area contributed by atoms with Gasteiger partial charge in [0.25, 0.3) is 0 Å². The molecule has 1 saturated carbocycles. The summed E-state index contributed by atoms with van der Waals surface area (Å²) in [4.78, 5) is 34.5. The maximum Gasteiger partial charge on any atom is 0.333 e. The summed E-state index contributed by atoms with van der Waals surface area (Å²) in [5.41, 5.74) is -1.15. The van der Waals surface area contributed by atoms with E-state index in [0.717, 1.165) is 0 Å². The molecular weight excluding hydrogens is 276 g/mol. The van der Waals surface area contributed by atoms with Crippen molar-refractivity contribution in [2.24, 2.45) is 17.3 Å². The molecule has 0 amide bonds. The molecule has 1 aliphatic rings. The highest BCUT2D eigenvalue weighted by Gasteiger charge is 2.52. The average molecular weight is 298 g/mol. The number of hydrogen-bond donors (Lipinski definition) is 2. The van der Waals surface area contributed by atoms with Crippen LogP contribution < -0.4 is 0 Å². The molecule has 6 nitrogen and oxygen atoms in total. The van der Waals surface area contributed by atoms with Crippen molar-refractivity contribution in [3.05, 3.63) is 12.2 Å². The minimum atomic E-state index is -1.38. The quantitative estimate of drug-likeness (QED) is 0.575. The van der Waals surface area contributed by atoms with Gasteiger partial charge in [0, 0.05) is 5.57 Å². The third-order valence-electron chi connectivity index (χ3n) is 4.18. The highest BCUT2D eigenvalue weighted by molar-refractivity contribution is 5.87. The number of ether oxygens (including phenoxy) is 1. The zero-order valence-electron chi connectivity index (χ0n) is 12.4. The number of rotatable bonds is 6. The van der Waals surface area contributed by atoms with Crippen molar-refractivity contribution < 1.29 is 29.3 Å². The lowest BCUT2D eigenvalue weighted by atomic mass is 9.61. The molecule has 118 valence electrons. The van der Waals surface area contributed by atoms with Gasteiger partial charge in [-0.25, -0.2) is 4.79 Å².